The van der Waals surface area contributed by atoms with Gasteiger partial charge in [-0.3, -0.25) is 9.97 Å². The second-order valence-corrected chi connectivity index (χ2v) is 27.1. The Labute approximate surface area is 585 Å². The van der Waals surface area contributed by atoms with Crippen LogP contribution in [0, 0.1) is 23.7 Å². The van der Waals surface area contributed by atoms with Crippen molar-refractivity contribution in [3.8, 4) is 51.7 Å². The maximum absolute atomic E-state index is 14.5. The van der Waals surface area contributed by atoms with Crippen LogP contribution in [0.15, 0.2) is 152 Å². The van der Waals surface area contributed by atoms with Crippen molar-refractivity contribution in [2.24, 2.45) is 0 Å². The van der Waals surface area contributed by atoms with Gasteiger partial charge in [0.15, 0.2) is 5.75 Å². The van der Waals surface area contributed by atoms with E-state index in [9.17, 15) is 9.59 Å². The highest BCUT2D eigenvalue weighted by atomic mass is 16.5. The fourth-order valence-corrected chi connectivity index (χ4v) is 14.0. The van der Waals surface area contributed by atoms with Gasteiger partial charge >= 0.3 is 11.9 Å². The van der Waals surface area contributed by atoms with Crippen molar-refractivity contribution in [2.45, 2.75) is 51.4 Å². The van der Waals surface area contributed by atoms with E-state index in [-0.39, 0.29) is 11.1 Å². The van der Waals surface area contributed by atoms with Crippen molar-refractivity contribution in [1.82, 2.24) is 59.8 Å². The molecule has 0 unspecified atom stereocenters. The number of methoxy groups -OCH3 is 3. The molecule has 0 amide bonds. The predicted molar refractivity (Wildman–Crippen MR) is 404 cm³/mol. The molecule has 0 radical (unpaired) electrons. The Kier molecular flexibility index (Phi) is 15.0. The Morgan fingerprint density at radius 2 is 0.794 bits per heavy atom. The second-order valence-electron chi connectivity index (χ2n) is 27.1. The summed E-state index contributed by atoms with van der Waals surface area (Å²) in [5, 5.41) is 0. The van der Waals surface area contributed by atoms with Crippen molar-refractivity contribution in [1.29, 1.82) is 0 Å². The number of rotatable bonds is 5. The average molecular weight is 1330 g/mol. The standard InChI is InChI=1S/C85H64N12O5/c1-84(2)45-63-42-72-78(82(98)101-6)64(30-12-47-8-14-49(15-9-47)76-66-32-26-59(90-66)38-55-22-18-51(86-55)36-52-19-23-56(87-52)39-60-27-33-67(76)91-60)70(95-72)43-75-85(3,4)46-73(96-75)81(100-5)80-79(83(99)102-7)65(71(97-80)44-74(84)94-63)31-13-48-10-16-50(17-11-48)77-68-34-28-61(92-68)40-57-24-20-53(88-57)37-54-21-25-58(89-54)41-62-29-35-69(77)93-62/h8-11,14-29,32-44,86,88,91,93,95,97H,45-46H2,1-7H3. The van der Waals surface area contributed by atoms with Crippen LogP contribution in [0.3, 0.4) is 0 Å². The lowest BCUT2D eigenvalue weighted by Crippen LogP contribution is -2.15. The van der Waals surface area contributed by atoms with Crippen LogP contribution >= 0.6 is 0 Å². The molecule has 15 heterocycles. The van der Waals surface area contributed by atoms with E-state index >= 15 is 0 Å². The van der Waals surface area contributed by atoms with Crippen LogP contribution < -0.4 is 4.74 Å². The molecule has 0 saturated heterocycles. The molecule has 0 atom stereocenters. The van der Waals surface area contributed by atoms with Gasteiger partial charge in [0.25, 0.3) is 0 Å². The van der Waals surface area contributed by atoms with E-state index in [1.165, 1.54) is 14.2 Å². The van der Waals surface area contributed by atoms with Gasteiger partial charge in [-0.2, -0.15) is 0 Å². The number of aromatic amines is 6. The lowest BCUT2D eigenvalue weighted by molar-refractivity contribution is 0.0594. The molecule has 0 saturated carbocycles. The molecule has 0 spiro atoms. The van der Waals surface area contributed by atoms with Crippen molar-refractivity contribution >= 4 is 127 Å². The predicted octanol–water partition coefficient (Wildman–Crippen LogP) is 17.0. The van der Waals surface area contributed by atoms with Crippen molar-refractivity contribution in [3.05, 3.63) is 253 Å². The summed E-state index contributed by atoms with van der Waals surface area (Å²) in [6.45, 7) is 8.39. The molecule has 0 fully saturated rings. The lowest BCUT2D eigenvalue weighted by Gasteiger charge is -2.16. The van der Waals surface area contributed by atoms with Gasteiger partial charge in [0.2, 0.25) is 0 Å². The molecule has 17 rings (SSSR count). The Hall–Kier alpha value is -13.4. The van der Waals surface area contributed by atoms with E-state index < -0.39 is 22.8 Å². The topological polar surface area (TPSA) is 234 Å². The number of esters is 2. The first-order valence-electron chi connectivity index (χ1n) is 33.5. The SMILES string of the molecule is COC(=O)c1c(C#Cc2ccc(-c3c4nc(cc5ccc(cc6nc(cc7ccc3[nH]7)C=C6)[nH]5)C=C4)cc2)c2cc3nc(c(OC)c4[nH]c(cc5nc(cc1[nH]2)CC5(C)C)c(C#Cc1ccc(-c2c5nc(cc6ccc(cc7nc(cc8ccc2[nH]8)C=C7)[nH]6)C=C5)cc1)c4C(=O)OC)CC3(C)C. The monoisotopic (exact) mass is 1330 g/mol. The first-order valence-corrected chi connectivity index (χ1v) is 33.5. The molecule has 2 aromatic carbocycles. The Bertz CT molecular complexity index is 6270. The zero-order valence-corrected chi connectivity index (χ0v) is 56.7. The minimum Gasteiger partial charge on any atom is -0.493 e. The largest absolute Gasteiger partial charge is 0.493 e. The average Bonchev–Trinajstić information content (AvgIpc) is 1.60. The molecular weight excluding hydrogens is 1270 g/mol. The molecule has 11 aromatic rings. The van der Waals surface area contributed by atoms with Crippen LogP contribution in [0.5, 0.6) is 5.75 Å². The number of fused-ring (bicyclic) bond motifs is 24. The van der Waals surface area contributed by atoms with E-state index in [1.54, 1.807) is 7.11 Å². The van der Waals surface area contributed by atoms with Gasteiger partial charge in [0.05, 0.1) is 106 Å². The molecule has 17 nitrogen and oxygen atoms in total. The van der Waals surface area contributed by atoms with Gasteiger partial charge in [0.1, 0.15) is 11.1 Å². The number of nitrogens with one attached hydrogen (secondary N) is 6. The molecule has 6 N–H and O–H groups in total. The molecule has 102 heavy (non-hydrogen) atoms. The van der Waals surface area contributed by atoms with Gasteiger partial charge in [0, 0.05) is 107 Å². The maximum atomic E-state index is 14.5. The van der Waals surface area contributed by atoms with Crippen LogP contribution in [-0.4, -0.2) is 93.1 Å². The molecule has 6 aliphatic heterocycles. The lowest BCUT2D eigenvalue weighted by atomic mass is 9.86. The molecule has 17 heteroatoms. The van der Waals surface area contributed by atoms with Gasteiger partial charge in [-0.05, 0) is 187 Å². The summed E-state index contributed by atoms with van der Waals surface area (Å²) >= 11 is 0. The summed E-state index contributed by atoms with van der Waals surface area (Å²) in [6, 6.07) is 50.3. The van der Waals surface area contributed by atoms with Crippen LogP contribution in [-0.2, 0) is 33.1 Å². The van der Waals surface area contributed by atoms with Gasteiger partial charge in [-0.25, -0.2) is 29.5 Å². The highest BCUT2D eigenvalue weighted by molar-refractivity contribution is 6.06. The quantitative estimate of drug-likeness (QED) is 0.0700. The summed E-state index contributed by atoms with van der Waals surface area (Å²) in [7, 11) is 4.29. The Morgan fingerprint density at radius 1 is 0.382 bits per heavy atom. The van der Waals surface area contributed by atoms with Gasteiger partial charge < -0.3 is 44.1 Å². The second kappa shape index (κ2) is 24.6. The summed E-state index contributed by atoms with van der Waals surface area (Å²) in [6.07, 6.45) is 17.0. The Morgan fingerprint density at radius 3 is 1.27 bits per heavy atom. The summed E-state index contributed by atoms with van der Waals surface area (Å²) < 4.78 is 17.6. The highest BCUT2D eigenvalue weighted by Crippen LogP contribution is 2.41. The molecule has 9 aromatic heterocycles. The van der Waals surface area contributed by atoms with E-state index in [1.807, 2.05) is 188 Å². The minimum absolute atomic E-state index is 0.182. The summed E-state index contributed by atoms with van der Waals surface area (Å²) in [4.78, 5) is 80.8. The maximum Gasteiger partial charge on any atom is 0.341 e. The summed E-state index contributed by atoms with van der Waals surface area (Å²) in [5.41, 5.74) is 23.5. The fraction of sp³-hybridized carbons (Fsp3) is 0.129. The van der Waals surface area contributed by atoms with Gasteiger partial charge in [-0.1, -0.05) is 75.6 Å². The third-order valence-electron chi connectivity index (χ3n) is 19.0. The van der Waals surface area contributed by atoms with Crippen molar-refractivity contribution in [3.63, 3.8) is 0 Å². The first-order chi connectivity index (χ1) is 49.5. The van der Waals surface area contributed by atoms with E-state index in [2.05, 4.69) is 93.4 Å². The zero-order chi connectivity index (χ0) is 69.5. The fourth-order valence-electron chi connectivity index (χ4n) is 14.0. The number of carbonyl (C=O) groups excluding carboxylic acids is 2. The smallest absolute Gasteiger partial charge is 0.341 e. The number of benzene rings is 2. The Balaban J connectivity index is 0.787. The molecule has 6 aliphatic rings. The molecule has 0 aliphatic carbocycles. The van der Waals surface area contributed by atoms with Crippen molar-refractivity contribution < 1.29 is 23.8 Å². The first kappa shape index (κ1) is 62.2. The number of ether oxygens (including phenoxy) is 3. The van der Waals surface area contributed by atoms with Crippen LogP contribution in [0.2, 0.25) is 0 Å². The third kappa shape index (κ3) is 11.7. The van der Waals surface area contributed by atoms with E-state index in [0.717, 1.165) is 112 Å². The van der Waals surface area contributed by atoms with Gasteiger partial charge in [-0.15, -0.1) is 0 Å². The third-order valence-corrected chi connectivity index (χ3v) is 19.0. The van der Waals surface area contributed by atoms with E-state index in [0.29, 0.717) is 85.7 Å². The molecular formula is C85H64N12O5. The van der Waals surface area contributed by atoms with Crippen LogP contribution in [0.4, 0.5) is 0 Å². The zero-order valence-electron chi connectivity index (χ0n) is 56.7. The number of hydrogen-bond donors (Lipinski definition) is 6. The number of aromatic nitrogens is 12. The van der Waals surface area contributed by atoms with Crippen molar-refractivity contribution in [2.75, 3.05) is 21.3 Å². The highest BCUT2D eigenvalue weighted by Gasteiger charge is 2.35. The number of carbonyl (C=O) groups is 2. The summed E-state index contributed by atoms with van der Waals surface area (Å²) in [5.74, 6) is 12.8. The van der Waals surface area contributed by atoms with Crippen LogP contribution in [0.1, 0.15) is 139 Å². The molecule has 24 bridgehead atoms. The minimum atomic E-state index is -0.621. The van der Waals surface area contributed by atoms with E-state index in [4.69, 9.17) is 44.1 Å². The molecule has 494 valence electrons. The normalized spacial score (nSPS) is 13.7. The number of hydrogen-bond acceptors (Lipinski definition) is 11. The number of nitrogens with zero attached hydrogens (tertiary/aromatic N) is 6. The number of H-pyrrole nitrogens is 6. The van der Waals surface area contributed by atoms with Crippen LogP contribution in [0.25, 0.3) is 137 Å².